The zero-order chi connectivity index (χ0) is 34.3. The maximum atomic E-state index is 14.4. The van der Waals surface area contributed by atoms with Crippen LogP contribution in [-0.4, -0.2) is 10.2 Å². The Morgan fingerprint density at radius 1 is 0.553 bits per heavy atom. The Morgan fingerprint density at radius 3 is 1.57 bits per heavy atom. The van der Waals surface area contributed by atoms with Crippen LogP contribution in [0, 0.1) is 6.92 Å². The highest BCUT2D eigenvalue weighted by Gasteiger charge is 2.57. The highest BCUT2D eigenvalue weighted by Crippen LogP contribution is 2.56. The number of aromatic nitrogens is 2. The number of alkyl halides is 12. The fourth-order valence-electron chi connectivity index (χ4n) is 5.44. The molecule has 4 aromatic carbocycles. The van der Waals surface area contributed by atoms with Gasteiger partial charge in [0.2, 0.25) is 5.88 Å². The summed E-state index contributed by atoms with van der Waals surface area (Å²) in [7, 11) is 0. The summed E-state index contributed by atoms with van der Waals surface area (Å²) in [5.41, 5.74) is -14.8. The second kappa shape index (κ2) is 10.5. The third-order valence-electron chi connectivity index (χ3n) is 7.30. The van der Waals surface area contributed by atoms with Crippen LogP contribution < -0.4 is 4.74 Å². The predicted molar refractivity (Wildman–Crippen MR) is 144 cm³/mol. The van der Waals surface area contributed by atoms with E-state index in [4.69, 9.17) is 9.15 Å². The highest BCUT2D eigenvalue weighted by molar-refractivity contribution is 6.05. The first-order valence-corrected chi connectivity index (χ1v) is 13.1. The summed E-state index contributed by atoms with van der Waals surface area (Å²) in [5, 5.41) is 8.92. The Morgan fingerprint density at radius 2 is 1.04 bits per heavy atom. The van der Waals surface area contributed by atoms with Crippen molar-refractivity contribution in [2.45, 2.75) is 31.6 Å². The molecule has 0 aliphatic carbocycles. The zero-order valence-electron chi connectivity index (χ0n) is 23.1. The van der Waals surface area contributed by atoms with Gasteiger partial charge in [0.25, 0.3) is 0 Å². The molecule has 2 aromatic heterocycles. The number of fused-ring (bicyclic) bond motifs is 3. The van der Waals surface area contributed by atoms with Crippen molar-refractivity contribution in [1.29, 1.82) is 0 Å². The van der Waals surface area contributed by atoms with E-state index in [1.54, 1.807) is 48.5 Å². The van der Waals surface area contributed by atoms with Crippen LogP contribution in [0.1, 0.15) is 27.8 Å². The molecule has 0 bridgehead atoms. The summed E-state index contributed by atoms with van der Waals surface area (Å²) in [6.07, 6.45) is -25.6. The van der Waals surface area contributed by atoms with Gasteiger partial charge in [-0.05, 0) is 42.0 Å². The molecular weight excluding hydrogens is 660 g/mol. The molecule has 244 valence electrons. The lowest BCUT2D eigenvalue weighted by molar-refractivity contribution is -0.183. The average molecular weight is 674 g/mol. The third-order valence-corrected chi connectivity index (χ3v) is 7.30. The monoisotopic (exact) mass is 674 g/mol. The van der Waals surface area contributed by atoms with Gasteiger partial charge >= 0.3 is 24.7 Å². The molecule has 0 atom stereocenters. The topological polar surface area (TPSA) is 48.2 Å². The molecule has 2 heterocycles. The number of ether oxygens (including phenoxy) is 1. The zero-order valence-corrected chi connectivity index (χ0v) is 23.1. The van der Waals surface area contributed by atoms with Gasteiger partial charge in [0.05, 0.1) is 16.7 Å². The van der Waals surface area contributed by atoms with Crippen molar-refractivity contribution in [3.05, 3.63) is 94.5 Å². The van der Waals surface area contributed by atoms with Crippen LogP contribution >= 0.6 is 0 Å². The number of nitrogens with zero attached hydrogens (tertiary/aromatic N) is 2. The van der Waals surface area contributed by atoms with E-state index in [1.165, 1.54) is 18.2 Å². The van der Waals surface area contributed by atoms with Crippen LogP contribution in [0.5, 0.6) is 11.6 Å². The standard InChI is InChI=1S/C31H14F12N2O2/c1-13-21(28(32,33)34)22(29(35,36)37)23(30(38,39)40)24(31(41,42)43)26(13)47-27-18-11-15-7-3-2-6-14(15)10-17(18)25(44-45-27)20-12-16-8-4-5-9-19(16)46-20/h2-12H,1H3. The number of hydrogen-bond acceptors (Lipinski definition) is 4. The van der Waals surface area contributed by atoms with Gasteiger partial charge in [0, 0.05) is 21.7 Å². The van der Waals surface area contributed by atoms with Crippen molar-refractivity contribution in [1.82, 2.24) is 10.2 Å². The Kier molecular flexibility index (Phi) is 7.14. The third kappa shape index (κ3) is 5.54. The first kappa shape index (κ1) is 31.9. The van der Waals surface area contributed by atoms with Crippen LogP contribution in [0.2, 0.25) is 0 Å². The summed E-state index contributed by atoms with van der Waals surface area (Å²) in [4.78, 5) is 0. The quantitative estimate of drug-likeness (QED) is 0.138. The van der Waals surface area contributed by atoms with Crippen molar-refractivity contribution in [3.63, 3.8) is 0 Å². The molecule has 0 aliphatic heterocycles. The minimum Gasteiger partial charge on any atom is -0.454 e. The van der Waals surface area contributed by atoms with Gasteiger partial charge in [-0.15, -0.1) is 10.2 Å². The van der Waals surface area contributed by atoms with E-state index in [-0.39, 0.29) is 29.2 Å². The normalized spacial score (nSPS) is 13.2. The molecule has 0 fully saturated rings. The largest absolute Gasteiger partial charge is 0.454 e. The molecule has 4 nitrogen and oxygen atoms in total. The summed E-state index contributed by atoms with van der Waals surface area (Å²) in [6.45, 7) is 0.149. The fraction of sp³-hybridized carbons (Fsp3) is 0.161. The Hall–Kier alpha value is -5.02. The van der Waals surface area contributed by atoms with Crippen molar-refractivity contribution in [2.75, 3.05) is 0 Å². The maximum Gasteiger partial charge on any atom is 0.420 e. The highest BCUT2D eigenvalue weighted by atomic mass is 19.4. The summed E-state index contributed by atoms with van der Waals surface area (Å²) >= 11 is 0. The lowest BCUT2D eigenvalue weighted by Gasteiger charge is -2.28. The Balaban J connectivity index is 1.71. The predicted octanol–water partition coefficient (Wildman–Crippen LogP) is 11.4. The number of rotatable bonds is 3. The number of hydrogen-bond donors (Lipinski definition) is 0. The summed E-state index contributed by atoms with van der Waals surface area (Å²) < 4.78 is 180. The molecule has 6 aromatic rings. The van der Waals surface area contributed by atoms with E-state index >= 15 is 0 Å². The van der Waals surface area contributed by atoms with Crippen LogP contribution in [-0.2, 0) is 24.7 Å². The van der Waals surface area contributed by atoms with E-state index in [1.807, 2.05) is 0 Å². The smallest absolute Gasteiger partial charge is 0.420 e. The first-order valence-electron chi connectivity index (χ1n) is 13.1. The van der Waals surface area contributed by atoms with E-state index in [0.717, 1.165) is 0 Å². The molecule has 16 heteroatoms. The number of furan rings is 1. The minimum absolute atomic E-state index is 0.0264. The molecule has 0 saturated carbocycles. The maximum absolute atomic E-state index is 14.4. The van der Waals surface area contributed by atoms with Gasteiger partial charge in [-0.3, -0.25) is 0 Å². The number of benzene rings is 4. The van der Waals surface area contributed by atoms with Gasteiger partial charge in [0.15, 0.2) is 5.76 Å². The van der Waals surface area contributed by atoms with Crippen molar-refractivity contribution in [3.8, 4) is 23.1 Å². The Labute approximate surface area is 254 Å². The fourth-order valence-corrected chi connectivity index (χ4v) is 5.44. The summed E-state index contributed by atoms with van der Waals surface area (Å²) in [5.74, 6) is -3.10. The summed E-state index contributed by atoms with van der Waals surface area (Å²) in [6, 6.07) is 17.3. The lowest BCUT2D eigenvalue weighted by Crippen LogP contribution is -2.29. The van der Waals surface area contributed by atoms with Crippen molar-refractivity contribution >= 4 is 32.5 Å². The van der Waals surface area contributed by atoms with E-state index in [9.17, 15) is 52.7 Å². The molecule has 0 saturated heterocycles. The minimum atomic E-state index is -6.57. The second-order valence-electron chi connectivity index (χ2n) is 10.3. The van der Waals surface area contributed by atoms with Gasteiger partial charge in [0.1, 0.15) is 22.6 Å². The van der Waals surface area contributed by atoms with Gasteiger partial charge in [-0.2, -0.15) is 52.7 Å². The number of halogens is 12. The lowest BCUT2D eigenvalue weighted by atomic mass is 9.89. The molecule has 6 rings (SSSR count). The van der Waals surface area contributed by atoms with Gasteiger partial charge < -0.3 is 9.15 Å². The van der Waals surface area contributed by atoms with Gasteiger partial charge in [-0.1, -0.05) is 42.5 Å². The van der Waals surface area contributed by atoms with Gasteiger partial charge in [-0.25, -0.2) is 0 Å². The van der Waals surface area contributed by atoms with Crippen LogP contribution in [0.4, 0.5) is 52.7 Å². The van der Waals surface area contributed by atoms with Crippen molar-refractivity contribution < 1.29 is 61.8 Å². The molecule has 0 N–H and O–H groups in total. The second-order valence-corrected chi connectivity index (χ2v) is 10.3. The SMILES string of the molecule is Cc1c(Oc2nnc(-c3cc4ccccc4o3)c3cc4ccccc4cc23)c(C(F)(F)F)c(C(F)(F)F)c(C(F)(F)F)c1C(F)(F)F. The molecule has 47 heavy (non-hydrogen) atoms. The van der Waals surface area contributed by atoms with E-state index < -0.39 is 64.2 Å². The first-order chi connectivity index (χ1) is 21.8. The Bertz CT molecular complexity index is 2160. The molecule has 0 amide bonds. The van der Waals surface area contributed by atoms with E-state index in [0.29, 0.717) is 21.7 Å². The molecule has 0 unspecified atom stereocenters. The van der Waals surface area contributed by atoms with Crippen LogP contribution in [0.25, 0.3) is 44.0 Å². The number of para-hydroxylation sites is 1. The average Bonchev–Trinajstić information content (AvgIpc) is 3.38. The van der Waals surface area contributed by atoms with Crippen LogP contribution in [0.15, 0.2) is 71.1 Å². The van der Waals surface area contributed by atoms with Crippen molar-refractivity contribution in [2.24, 2.45) is 0 Å². The molecule has 0 spiro atoms. The molecular formula is C31H14F12N2O2. The van der Waals surface area contributed by atoms with Crippen LogP contribution in [0.3, 0.4) is 0 Å². The molecule has 0 radical (unpaired) electrons. The van der Waals surface area contributed by atoms with E-state index in [2.05, 4.69) is 10.2 Å². The molecule has 0 aliphatic rings.